The first kappa shape index (κ1) is 22.0. The van der Waals surface area contributed by atoms with Crippen molar-refractivity contribution in [1.82, 2.24) is 0 Å². The van der Waals surface area contributed by atoms with Crippen LogP contribution in [0.1, 0.15) is 51.4 Å². The van der Waals surface area contributed by atoms with Gasteiger partial charge in [0.15, 0.2) is 11.5 Å². The number of esters is 1. The van der Waals surface area contributed by atoms with Gasteiger partial charge in [-0.2, -0.15) is 8.78 Å². The molecule has 0 spiro atoms. The number of carbonyl (C=O) groups excluding carboxylic acids is 2. The summed E-state index contributed by atoms with van der Waals surface area (Å²) in [5, 5.41) is 3.22. The Morgan fingerprint density at radius 3 is 2.73 bits per heavy atom. The second-order valence-electron chi connectivity index (χ2n) is 6.97. The third-order valence-electron chi connectivity index (χ3n) is 4.86. The summed E-state index contributed by atoms with van der Waals surface area (Å²) in [4.78, 5) is 26.5. The highest BCUT2D eigenvalue weighted by Crippen LogP contribution is 2.40. The molecule has 162 valence electrons. The fourth-order valence-electron chi connectivity index (χ4n) is 3.44. The SMILES string of the molecule is CCOC(=O)c1c(NC(=O)c2ccc(OC(F)F)c(OC)c2)sc2c1CC[C@@H](C)C2. The molecule has 1 aromatic carbocycles. The van der Waals surface area contributed by atoms with E-state index in [-0.39, 0.29) is 23.7 Å². The Hall–Kier alpha value is -2.68. The molecule has 1 N–H and O–H groups in total. The lowest BCUT2D eigenvalue weighted by atomic mass is 9.88. The molecule has 0 unspecified atom stereocenters. The monoisotopic (exact) mass is 439 g/mol. The number of halogens is 2. The Labute approximate surface area is 177 Å². The first-order valence-electron chi connectivity index (χ1n) is 9.59. The lowest BCUT2D eigenvalue weighted by molar-refractivity contribution is -0.0512. The molecule has 9 heteroatoms. The van der Waals surface area contributed by atoms with Gasteiger partial charge in [0, 0.05) is 10.4 Å². The van der Waals surface area contributed by atoms with Crippen molar-refractivity contribution in [1.29, 1.82) is 0 Å². The maximum absolute atomic E-state index is 12.8. The Bertz CT molecular complexity index is 944. The predicted octanol–water partition coefficient (Wildman–Crippen LogP) is 4.91. The average molecular weight is 439 g/mol. The van der Waals surface area contributed by atoms with Gasteiger partial charge < -0.3 is 19.5 Å². The van der Waals surface area contributed by atoms with Crippen LogP contribution >= 0.6 is 11.3 Å². The first-order valence-corrected chi connectivity index (χ1v) is 10.4. The number of methoxy groups -OCH3 is 1. The topological polar surface area (TPSA) is 73.9 Å². The van der Waals surface area contributed by atoms with Crippen LogP contribution in [-0.2, 0) is 17.6 Å². The molecule has 0 saturated carbocycles. The maximum atomic E-state index is 12.8. The van der Waals surface area contributed by atoms with Crippen molar-refractivity contribution in [3.05, 3.63) is 39.8 Å². The van der Waals surface area contributed by atoms with E-state index in [1.165, 1.54) is 36.6 Å². The number of fused-ring (bicyclic) bond motifs is 1. The zero-order valence-electron chi connectivity index (χ0n) is 16.9. The summed E-state index contributed by atoms with van der Waals surface area (Å²) in [6, 6.07) is 3.91. The van der Waals surface area contributed by atoms with Crippen molar-refractivity contribution in [3.8, 4) is 11.5 Å². The quantitative estimate of drug-likeness (QED) is 0.621. The zero-order chi connectivity index (χ0) is 21.8. The molecule has 1 amide bonds. The number of carbonyl (C=O) groups is 2. The van der Waals surface area contributed by atoms with E-state index < -0.39 is 18.5 Å². The van der Waals surface area contributed by atoms with Gasteiger partial charge in [0.25, 0.3) is 5.91 Å². The van der Waals surface area contributed by atoms with E-state index in [4.69, 9.17) is 9.47 Å². The molecule has 0 aliphatic heterocycles. The van der Waals surface area contributed by atoms with Crippen molar-refractivity contribution in [2.24, 2.45) is 5.92 Å². The highest BCUT2D eigenvalue weighted by Gasteiger charge is 2.29. The molecule has 0 bridgehead atoms. The van der Waals surface area contributed by atoms with Crippen molar-refractivity contribution in [3.63, 3.8) is 0 Å². The van der Waals surface area contributed by atoms with Gasteiger partial charge in [-0.05, 0) is 55.9 Å². The average Bonchev–Trinajstić information content (AvgIpc) is 3.04. The lowest BCUT2D eigenvalue weighted by Gasteiger charge is -2.18. The van der Waals surface area contributed by atoms with E-state index in [0.29, 0.717) is 16.5 Å². The Morgan fingerprint density at radius 2 is 2.07 bits per heavy atom. The summed E-state index contributed by atoms with van der Waals surface area (Å²) in [6.07, 6.45) is 2.56. The molecule has 2 aromatic rings. The Kier molecular flexibility index (Phi) is 6.91. The smallest absolute Gasteiger partial charge is 0.387 e. The Balaban J connectivity index is 1.90. The molecule has 1 aromatic heterocycles. The van der Waals surface area contributed by atoms with Gasteiger partial charge in [-0.25, -0.2) is 4.79 Å². The van der Waals surface area contributed by atoms with Crippen LogP contribution in [-0.4, -0.2) is 32.2 Å². The van der Waals surface area contributed by atoms with Gasteiger partial charge in [0.05, 0.1) is 19.3 Å². The summed E-state index contributed by atoms with van der Waals surface area (Å²) in [7, 11) is 1.29. The van der Waals surface area contributed by atoms with Crippen molar-refractivity contribution < 1.29 is 32.6 Å². The number of thiophene rings is 1. The van der Waals surface area contributed by atoms with Gasteiger partial charge in [-0.1, -0.05) is 6.92 Å². The fourth-order valence-corrected chi connectivity index (χ4v) is 4.83. The number of rotatable bonds is 7. The second kappa shape index (κ2) is 9.42. The van der Waals surface area contributed by atoms with Gasteiger partial charge in [-0.3, -0.25) is 4.79 Å². The van der Waals surface area contributed by atoms with Crippen LogP contribution in [0.4, 0.5) is 13.8 Å². The third-order valence-corrected chi connectivity index (χ3v) is 6.03. The largest absolute Gasteiger partial charge is 0.493 e. The van der Waals surface area contributed by atoms with Crippen LogP contribution in [0.3, 0.4) is 0 Å². The van der Waals surface area contributed by atoms with E-state index in [1.807, 2.05) is 0 Å². The molecule has 1 heterocycles. The molecule has 0 fully saturated rings. The molecule has 0 radical (unpaired) electrons. The molecular formula is C21H23F2NO5S. The number of hydrogen-bond acceptors (Lipinski definition) is 6. The summed E-state index contributed by atoms with van der Waals surface area (Å²) >= 11 is 1.38. The highest BCUT2D eigenvalue weighted by atomic mass is 32.1. The summed E-state index contributed by atoms with van der Waals surface area (Å²) < 4.78 is 39.7. The van der Waals surface area contributed by atoms with E-state index in [2.05, 4.69) is 17.0 Å². The third kappa shape index (κ3) is 4.72. The normalized spacial score (nSPS) is 15.5. The number of ether oxygens (including phenoxy) is 3. The van der Waals surface area contributed by atoms with E-state index >= 15 is 0 Å². The number of amides is 1. The van der Waals surface area contributed by atoms with Gasteiger partial charge in [0.1, 0.15) is 5.00 Å². The molecule has 1 aliphatic carbocycles. The standard InChI is InChI=1S/C21H23F2NO5S/c1-4-28-20(26)17-13-7-5-11(2)9-16(13)30-19(17)24-18(25)12-6-8-14(29-21(22)23)15(10-12)27-3/h6,8,10-11,21H,4-5,7,9H2,1-3H3,(H,24,25)/t11-/m1/s1. The maximum Gasteiger partial charge on any atom is 0.387 e. The van der Waals surface area contributed by atoms with E-state index in [9.17, 15) is 18.4 Å². The van der Waals surface area contributed by atoms with Crippen LogP contribution in [0.2, 0.25) is 0 Å². The number of nitrogens with one attached hydrogen (secondary N) is 1. The van der Waals surface area contributed by atoms with Crippen LogP contribution in [0.15, 0.2) is 18.2 Å². The van der Waals surface area contributed by atoms with E-state index in [1.54, 1.807) is 6.92 Å². The minimum Gasteiger partial charge on any atom is -0.493 e. The van der Waals surface area contributed by atoms with Crippen molar-refractivity contribution in [2.75, 3.05) is 19.0 Å². The van der Waals surface area contributed by atoms with Gasteiger partial charge in [0.2, 0.25) is 0 Å². The fraction of sp³-hybridized carbons (Fsp3) is 0.429. The number of hydrogen-bond donors (Lipinski definition) is 1. The minimum atomic E-state index is -3.01. The number of alkyl halides is 2. The minimum absolute atomic E-state index is 0.00728. The number of benzene rings is 1. The summed E-state index contributed by atoms with van der Waals surface area (Å²) in [6.45, 7) is 1.10. The Morgan fingerprint density at radius 1 is 1.30 bits per heavy atom. The number of anilines is 1. The molecule has 30 heavy (non-hydrogen) atoms. The summed E-state index contributed by atoms with van der Waals surface area (Å²) in [5.74, 6) is -0.613. The second-order valence-corrected chi connectivity index (χ2v) is 8.08. The van der Waals surface area contributed by atoms with Gasteiger partial charge in [-0.15, -0.1) is 11.3 Å². The summed E-state index contributed by atoms with van der Waals surface area (Å²) in [5.41, 5.74) is 1.52. The van der Waals surface area contributed by atoms with Crippen molar-refractivity contribution in [2.45, 2.75) is 39.7 Å². The highest BCUT2D eigenvalue weighted by molar-refractivity contribution is 7.17. The molecule has 1 atom stereocenters. The molecule has 3 rings (SSSR count). The van der Waals surface area contributed by atoms with Crippen LogP contribution in [0.25, 0.3) is 0 Å². The molecule has 6 nitrogen and oxygen atoms in total. The van der Waals surface area contributed by atoms with Gasteiger partial charge >= 0.3 is 12.6 Å². The van der Waals surface area contributed by atoms with Crippen LogP contribution in [0, 0.1) is 5.92 Å². The predicted molar refractivity (Wildman–Crippen MR) is 109 cm³/mol. The molecule has 0 saturated heterocycles. The lowest BCUT2D eigenvalue weighted by Crippen LogP contribution is -2.17. The zero-order valence-corrected chi connectivity index (χ0v) is 17.7. The molecule has 1 aliphatic rings. The first-order chi connectivity index (χ1) is 14.3. The molecular weight excluding hydrogens is 416 g/mol. The van der Waals surface area contributed by atoms with E-state index in [0.717, 1.165) is 29.7 Å². The van der Waals surface area contributed by atoms with Crippen LogP contribution < -0.4 is 14.8 Å². The van der Waals surface area contributed by atoms with Crippen LogP contribution in [0.5, 0.6) is 11.5 Å². The van der Waals surface area contributed by atoms with Crippen molar-refractivity contribution >= 4 is 28.2 Å².